The zero-order valence-electron chi connectivity index (χ0n) is 7.52. The van der Waals surface area contributed by atoms with Crippen LogP contribution in [-0.4, -0.2) is 22.2 Å². The Kier molecular flexibility index (Phi) is 3.93. The third-order valence-electron chi connectivity index (χ3n) is 1.88. The average Bonchev–Trinajstić information content (AvgIpc) is 2.19. The highest BCUT2D eigenvalue weighted by Crippen LogP contribution is 2.26. The molecule has 4 nitrogen and oxygen atoms in total. The molecule has 82 valence electrons. The van der Waals surface area contributed by atoms with Crippen LogP contribution in [0, 0.1) is 0 Å². The normalized spacial score (nSPS) is 14.7. The number of carbonyl (C=O) groups excluding carboxylic acids is 1. The Hall–Kier alpha value is -0.810. The highest BCUT2D eigenvalue weighted by atomic mass is 35.5. The van der Waals surface area contributed by atoms with Gasteiger partial charge in [0.05, 0.1) is 10.0 Å². The van der Waals surface area contributed by atoms with Gasteiger partial charge in [-0.05, 0) is 17.7 Å². The minimum Gasteiger partial charge on any atom is -0.385 e. The van der Waals surface area contributed by atoms with Crippen LogP contribution in [0.25, 0.3) is 0 Å². The Labute approximate surface area is 96.2 Å². The lowest BCUT2D eigenvalue weighted by molar-refractivity contribution is -0.131. The summed E-state index contributed by atoms with van der Waals surface area (Å²) < 4.78 is 0. The standard InChI is InChI=1S/C9H9Cl2NO3/c10-5-2-1-4(3-6(5)11)7(13)8(14)9(12)15/h1-3,7-8,13-14H,(H2,12,15). The molecule has 0 bridgehead atoms. The first-order valence-corrected chi connectivity index (χ1v) is 4.79. The van der Waals surface area contributed by atoms with Crippen LogP contribution in [0.2, 0.25) is 10.0 Å². The summed E-state index contributed by atoms with van der Waals surface area (Å²) in [6, 6.07) is 4.27. The molecule has 1 aromatic carbocycles. The van der Waals surface area contributed by atoms with E-state index < -0.39 is 18.1 Å². The maximum absolute atomic E-state index is 10.6. The number of rotatable bonds is 3. The topological polar surface area (TPSA) is 83.6 Å². The van der Waals surface area contributed by atoms with Crippen molar-refractivity contribution in [2.75, 3.05) is 0 Å². The Balaban J connectivity index is 2.96. The maximum atomic E-state index is 10.6. The SMILES string of the molecule is NC(=O)C(O)C(O)c1ccc(Cl)c(Cl)c1. The van der Waals surface area contributed by atoms with E-state index in [1.165, 1.54) is 18.2 Å². The molecule has 4 N–H and O–H groups in total. The number of primary amides is 1. The fourth-order valence-electron chi connectivity index (χ4n) is 1.03. The van der Waals surface area contributed by atoms with E-state index in [0.29, 0.717) is 5.02 Å². The first kappa shape index (κ1) is 12.3. The van der Waals surface area contributed by atoms with E-state index >= 15 is 0 Å². The highest BCUT2D eigenvalue weighted by Gasteiger charge is 2.23. The Morgan fingerprint density at radius 2 is 1.87 bits per heavy atom. The predicted octanol–water partition coefficient (Wildman–Crippen LogP) is 0.873. The minimum atomic E-state index is -1.66. The van der Waals surface area contributed by atoms with Gasteiger partial charge < -0.3 is 15.9 Å². The van der Waals surface area contributed by atoms with Crippen LogP contribution >= 0.6 is 23.2 Å². The maximum Gasteiger partial charge on any atom is 0.249 e. The molecule has 6 heteroatoms. The van der Waals surface area contributed by atoms with Crippen LogP contribution in [0.3, 0.4) is 0 Å². The van der Waals surface area contributed by atoms with Crippen molar-refractivity contribution < 1.29 is 15.0 Å². The van der Waals surface area contributed by atoms with E-state index in [0.717, 1.165) is 0 Å². The molecular weight excluding hydrogens is 241 g/mol. The van der Waals surface area contributed by atoms with Crippen molar-refractivity contribution in [2.24, 2.45) is 5.73 Å². The molecule has 2 unspecified atom stereocenters. The first-order chi connectivity index (χ1) is 6.93. The van der Waals surface area contributed by atoms with E-state index in [1.54, 1.807) is 0 Å². The van der Waals surface area contributed by atoms with Gasteiger partial charge in [-0.3, -0.25) is 4.79 Å². The second-order valence-corrected chi connectivity index (χ2v) is 3.78. The van der Waals surface area contributed by atoms with Gasteiger partial charge in [0.15, 0.2) is 6.10 Å². The van der Waals surface area contributed by atoms with Crippen molar-refractivity contribution in [1.82, 2.24) is 0 Å². The molecule has 0 fully saturated rings. The van der Waals surface area contributed by atoms with E-state index in [4.69, 9.17) is 28.9 Å². The van der Waals surface area contributed by atoms with Crippen LogP contribution in [0.1, 0.15) is 11.7 Å². The first-order valence-electron chi connectivity index (χ1n) is 4.04. The van der Waals surface area contributed by atoms with E-state index in [1.807, 2.05) is 0 Å². The van der Waals surface area contributed by atoms with E-state index in [9.17, 15) is 15.0 Å². The molecule has 0 heterocycles. The smallest absolute Gasteiger partial charge is 0.249 e. The van der Waals surface area contributed by atoms with Crippen molar-refractivity contribution in [3.63, 3.8) is 0 Å². The summed E-state index contributed by atoms with van der Waals surface area (Å²) in [5.74, 6) is -1.01. The number of amides is 1. The van der Waals surface area contributed by atoms with Crippen molar-refractivity contribution in [3.05, 3.63) is 33.8 Å². The van der Waals surface area contributed by atoms with Gasteiger partial charge in [0.25, 0.3) is 0 Å². The van der Waals surface area contributed by atoms with Gasteiger partial charge in [0, 0.05) is 0 Å². The molecular formula is C9H9Cl2NO3. The van der Waals surface area contributed by atoms with Gasteiger partial charge in [-0.15, -0.1) is 0 Å². The van der Waals surface area contributed by atoms with Gasteiger partial charge in [-0.2, -0.15) is 0 Å². The van der Waals surface area contributed by atoms with Gasteiger partial charge in [-0.25, -0.2) is 0 Å². The third-order valence-corrected chi connectivity index (χ3v) is 2.61. The molecule has 0 aromatic heterocycles. The largest absolute Gasteiger partial charge is 0.385 e. The van der Waals surface area contributed by atoms with Crippen molar-refractivity contribution in [1.29, 1.82) is 0 Å². The molecule has 15 heavy (non-hydrogen) atoms. The number of nitrogens with two attached hydrogens (primary N) is 1. The lowest BCUT2D eigenvalue weighted by Crippen LogP contribution is -2.33. The van der Waals surface area contributed by atoms with Crippen molar-refractivity contribution in [3.8, 4) is 0 Å². The van der Waals surface area contributed by atoms with E-state index in [-0.39, 0.29) is 10.6 Å². The molecule has 0 saturated carbocycles. The summed E-state index contributed by atoms with van der Waals surface area (Å²) in [7, 11) is 0. The van der Waals surface area contributed by atoms with Crippen LogP contribution in [0.4, 0.5) is 0 Å². The monoisotopic (exact) mass is 249 g/mol. The minimum absolute atomic E-state index is 0.227. The molecule has 0 aliphatic rings. The molecule has 0 saturated heterocycles. The fourth-order valence-corrected chi connectivity index (χ4v) is 1.34. The summed E-state index contributed by atoms with van der Waals surface area (Å²) >= 11 is 11.4. The quantitative estimate of drug-likeness (QED) is 0.744. The Bertz CT molecular complexity index is 384. The van der Waals surface area contributed by atoms with Crippen LogP contribution in [-0.2, 0) is 4.79 Å². The summed E-state index contributed by atoms with van der Waals surface area (Å²) in [6.07, 6.45) is -3.07. The van der Waals surface area contributed by atoms with Gasteiger partial charge in [0.2, 0.25) is 5.91 Å². The second kappa shape index (κ2) is 4.81. The number of aliphatic hydroxyl groups is 2. The van der Waals surface area contributed by atoms with Gasteiger partial charge in [0.1, 0.15) is 6.10 Å². The number of benzene rings is 1. The highest BCUT2D eigenvalue weighted by molar-refractivity contribution is 6.42. The summed E-state index contributed by atoms with van der Waals surface area (Å²) in [4.78, 5) is 10.6. The van der Waals surface area contributed by atoms with Gasteiger partial charge >= 0.3 is 0 Å². The number of hydrogen-bond acceptors (Lipinski definition) is 3. The van der Waals surface area contributed by atoms with Crippen LogP contribution in [0.15, 0.2) is 18.2 Å². The predicted molar refractivity (Wildman–Crippen MR) is 56.6 cm³/mol. The molecule has 0 aliphatic carbocycles. The number of halogens is 2. The van der Waals surface area contributed by atoms with Crippen LogP contribution in [0.5, 0.6) is 0 Å². The fraction of sp³-hybridized carbons (Fsp3) is 0.222. The van der Waals surface area contributed by atoms with Crippen molar-refractivity contribution in [2.45, 2.75) is 12.2 Å². The van der Waals surface area contributed by atoms with Crippen molar-refractivity contribution >= 4 is 29.1 Å². The van der Waals surface area contributed by atoms with Crippen LogP contribution < -0.4 is 5.73 Å². The Morgan fingerprint density at radius 3 is 2.33 bits per heavy atom. The molecule has 1 rings (SSSR count). The molecule has 0 spiro atoms. The second-order valence-electron chi connectivity index (χ2n) is 2.97. The third kappa shape index (κ3) is 2.82. The molecule has 0 radical (unpaired) electrons. The zero-order valence-corrected chi connectivity index (χ0v) is 9.03. The summed E-state index contributed by atoms with van der Waals surface area (Å²) in [5.41, 5.74) is 5.11. The van der Waals surface area contributed by atoms with E-state index in [2.05, 4.69) is 0 Å². The number of aliphatic hydroxyl groups excluding tert-OH is 2. The lowest BCUT2D eigenvalue weighted by atomic mass is 10.0. The zero-order chi connectivity index (χ0) is 11.6. The average molecular weight is 250 g/mol. The lowest BCUT2D eigenvalue weighted by Gasteiger charge is -2.15. The number of hydrogen-bond donors (Lipinski definition) is 3. The molecule has 0 aliphatic heterocycles. The summed E-state index contributed by atoms with van der Waals surface area (Å²) in [6.45, 7) is 0. The Morgan fingerprint density at radius 1 is 1.27 bits per heavy atom. The molecule has 2 atom stereocenters. The number of carbonyl (C=O) groups is 1. The molecule has 1 amide bonds. The van der Waals surface area contributed by atoms with Gasteiger partial charge in [-0.1, -0.05) is 29.3 Å². The summed E-state index contributed by atoms with van der Waals surface area (Å²) in [5, 5.41) is 19.3. The molecule has 1 aromatic rings.